The lowest BCUT2D eigenvalue weighted by Crippen LogP contribution is -2.38. The summed E-state index contributed by atoms with van der Waals surface area (Å²) >= 11 is 2.93. The van der Waals surface area contributed by atoms with Gasteiger partial charge in [0.25, 0.3) is 0 Å². The van der Waals surface area contributed by atoms with Crippen molar-refractivity contribution < 1.29 is 14.6 Å². The normalized spacial score (nSPS) is 19.3. The zero-order valence-electron chi connectivity index (χ0n) is 14.0. The maximum atomic E-state index is 11.7. The lowest BCUT2D eigenvalue weighted by atomic mass is 10.1. The summed E-state index contributed by atoms with van der Waals surface area (Å²) < 4.78 is 5.30. The molecule has 0 aliphatic carbocycles. The molecule has 1 unspecified atom stereocenters. The Labute approximate surface area is 157 Å². The third-order valence-corrected chi connectivity index (χ3v) is 5.19. The van der Waals surface area contributed by atoms with Gasteiger partial charge in [0.15, 0.2) is 0 Å². The fraction of sp³-hybridized carbons (Fsp3) is 0.714. The van der Waals surface area contributed by atoms with Gasteiger partial charge in [-0.15, -0.1) is 0 Å². The minimum absolute atomic E-state index is 0.121. The van der Waals surface area contributed by atoms with Crippen LogP contribution >= 0.6 is 15.9 Å². The van der Waals surface area contributed by atoms with Crippen LogP contribution in [0.1, 0.15) is 29.9 Å². The molecule has 0 N–H and O–H groups in total. The van der Waals surface area contributed by atoms with Gasteiger partial charge in [-0.25, -0.2) is 4.98 Å². The monoisotopic (exact) mass is 430 g/mol. The Morgan fingerprint density at radius 3 is 2.23 bits per heavy atom. The molecule has 12 heteroatoms. The van der Waals surface area contributed by atoms with Crippen LogP contribution in [0.2, 0.25) is 0 Å². The van der Waals surface area contributed by atoms with Crippen molar-refractivity contribution in [3.63, 3.8) is 0 Å². The largest absolute Gasteiger partial charge is 0.378 e. The Kier molecular flexibility index (Phi) is 5.81. The summed E-state index contributed by atoms with van der Waals surface area (Å²) in [5.74, 6) is 0.424. The van der Waals surface area contributed by atoms with E-state index in [1.165, 1.54) is 0 Å². The first-order chi connectivity index (χ1) is 12.5. The van der Waals surface area contributed by atoms with Crippen molar-refractivity contribution in [3.8, 4) is 0 Å². The summed E-state index contributed by atoms with van der Waals surface area (Å²) in [7, 11) is 0. The number of piperidine rings is 1. The first kappa shape index (κ1) is 18.7. The molecule has 0 amide bonds. The number of hydrogen-bond donors (Lipinski definition) is 0. The Morgan fingerprint density at radius 2 is 1.65 bits per heavy atom. The van der Waals surface area contributed by atoms with E-state index in [0.29, 0.717) is 32.3 Å². The highest BCUT2D eigenvalue weighted by Crippen LogP contribution is 2.38. The van der Waals surface area contributed by atoms with Crippen LogP contribution in [0, 0.1) is 20.2 Å². The van der Waals surface area contributed by atoms with Gasteiger partial charge in [-0.1, -0.05) is 0 Å². The smallest absolute Gasteiger partial charge is 0.341 e. The fourth-order valence-corrected chi connectivity index (χ4v) is 3.44. The van der Waals surface area contributed by atoms with Crippen LogP contribution in [0.15, 0.2) is 0 Å². The van der Waals surface area contributed by atoms with Gasteiger partial charge in [0.2, 0.25) is 17.5 Å². The molecule has 2 fully saturated rings. The number of ether oxygens (including phenoxy) is 1. The second-order valence-corrected chi connectivity index (χ2v) is 6.97. The van der Waals surface area contributed by atoms with Crippen LogP contribution in [0.25, 0.3) is 0 Å². The SMILES string of the molecule is O=[N+]([O-])c1c(C(Br)[N+](=O)[O-])nc(N2CCCCC2)nc1N1CCOCC1. The quantitative estimate of drug-likeness (QED) is 0.297. The van der Waals surface area contributed by atoms with Crippen molar-refractivity contribution in [3.05, 3.63) is 25.9 Å². The summed E-state index contributed by atoms with van der Waals surface area (Å²) in [5.41, 5.74) is -0.650. The highest BCUT2D eigenvalue weighted by atomic mass is 79.9. The number of alkyl halides is 1. The Bertz CT molecular complexity index is 693. The molecule has 0 saturated carbocycles. The third-order valence-electron chi connectivity index (χ3n) is 4.42. The second kappa shape index (κ2) is 8.08. The van der Waals surface area contributed by atoms with Crippen LogP contribution in [-0.4, -0.2) is 59.2 Å². The average molecular weight is 431 g/mol. The van der Waals surface area contributed by atoms with E-state index in [4.69, 9.17) is 4.74 Å². The van der Waals surface area contributed by atoms with Gasteiger partial charge in [-0.3, -0.25) is 20.2 Å². The summed E-state index contributed by atoms with van der Waals surface area (Å²) in [6.07, 6.45) is 3.04. The predicted molar refractivity (Wildman–Crippen MR) is 96.4 cm³/mol. The third kappa shape index (κ3) is 3.85. The molecule has 2 aliphatic rings. The molecule has 2 saturated heterocycles. The van der Waals surface area contributed by atoms with Gasteiger partial charge >= 0.3 is 10.6 Å². The van der Waals surface area contributed by atoms with Crippen LogP contribution in [0.5, 0.6) is 0 Å². The van der Waals surface area contributed by atoms with Crippen molar-refractivity contribution in [1.29, 1.82) is 0 Å². The molecule has 11 nitrogen and oxygen atoms in total. The Hall–Kier alpha value is -2.08. The van der Waals surface area contributed by atoms with E-state index in [1.807, 2.05) is 4.90 Å². The first-order valence-electron chi connectivity index (χ1n) is 8.40. The van der Waals surface area contributed by atoms with Gasteiger partial charge < -0.3 is 14.5 Å². The molecular weight excluding hydrogens is 412 g/mol. The zero-order valence-corrected chi connectivity index (χ0v) is 15.6. The Balaban J connectivity index is 2.12. The molecule has 0 radical (unpaired) electrons. The molecule has 2 aliphatic heterocycles. The van der Waals surface area contributed by atoms with Crippen molar-refractivity contribution >= 4 is 33.4 Å². The van der Waals surface area contributed by atoms with Crippen molar-refractivity contribution in [1.82, 2.24) is 9.97 Å². The molecule has 1 aromatic heterocycles. The van der Waals surface area contributed by atoms with Crippen molar-refractivity contribution in [2.24, 2.45) is 0 Å². The van der Waals surface area contributed by atoms with E-state index in [9.17, 15) is 20.2 Å². The standard InChI is InChI=1S/C14H19BrN6O5/c15-12(21(24)25)10-11(20(22)23)13(18-6-8-26-9-7-18)17-14(16-10)19-4-2-1-3-5-19/h12H,1-9H2. The molecular formula is C14H19BrN6O5. The molecule has 3 heterocycles. The molecule has 0 aromatic carbocycles. The highest BCUT2D eigenvalue weighted by Gasteiger charge is 2.38. The number of rotatable bonds is 5. The highest BCUT2D eigenvalue weighted by molar-refractivity contribution is 9.09. The van der Waals surface area contributed by atoms with Gasteiger partial charge in [-0.2, -0.15) is 4.98 Å². The van der Waals surface area contributed by atoms with Crippen LogP contribution in [0.4, 0.5) is 17.5 Å². The van der Waals surface area contributed by atoms with E-state index in [2.05, 4.69) is 25.9 Å². The van der Waals surface area contributed by atoms with Gasteiger partial charge in [0, 0.05) is 47.0 Å². The number of hydrogen-bond acceptors (Lipinski definition) is 9. The van der Waals surface area contributed by atoms with E-state index < -0.39 is 20.5 Å². The van der Waals surface area contributed by atoms with Crippen LogP contribution in [-0.2, 0) is 4.74 Å². The number of nitro groups is 2. The van der Waals surface area contributed by atoms with Crippen molar-refractivity contribution in [2.75, 3.05) is 49.2 Å². The lowest BCUT2D eigenvalue weighted by Gasteiger charge is -2.30. The summed E-state index contributed by atoms with van der Waals surface area (Å²) in [5, 5.41) is 23.0. The number of anilines is 2. The van der Waals surface area contributed by atoms with Gasteiger partial charge in [-0.05, 0) is 19.3 Å². The Morgan fingerprint density at radius 1 is 1.00 bits per heavy atom. The average Bonchev–Trinajstić information content (AvgIpc) is 2.67. The van der Waals surface area contributed by atoms with Crippen LogP contribution < -0.4 is 9.80 Å². The molecule has 3 rings (SSSR count). The second-order valence-electron chi connectivity index (χ2n) is 6.11. The van der Waals surface area contributed by atoms with Crippen LogP contribution in [0.3, 0.4) is 0 Å². The van der Waals surface area contributed by atoms with E-state index in [0.717, 1.165) is 32.4 Å². The summed E-state index contributed by atoms with van der Waals surface area (Å²) in [6, 6.07) is 0. The minimum atomic E-state index is -1.48. The summed E-state index contributed by atoms with van der Waals surface area (Å²) in [4.78, 5) is 32.6. The number of halogens is 1. The minimum Gasteiger partial charge on any atom is -0.378 e. The van der Waals surface area contributed by atoms with Gasteiger partial charge in [0.05, 0.1) is 18.1 Å². The zero-order chi connectivity index (χ0) is 18.7. The molecule has 1 atom stereocenters. The number of morpholine rings is 1. The maximum absolute atomic E-state index is 11.7. The lowest BCUT2D eigenvalue weighted by molar-refractivity contribution is -0.500. The van der Waals surface area contributed by atoms with E-state index in [-0.39, 0.29) is 11.5 Å². The molecule has 26 heavy (non-hydrogen) atoms. The topological polar surface area (TPSA) is 128 Å². The fourth-order valence-electron chi connectivity index (χ4n) is 3.12. The molecule has 0 bridgehead atoms. The molecule has 1 aromatic rings. The maximum Gasteiger partial charge on any atom is 0.341 e. The van der Waals surface area contributed by atoms with Crippen molar-refractivity contribution in [2.45, 2.75) is 24.2 Å². The molecule has 142 valence electrons. The number of aromatic nitrogens is 2. The summed E-state index contributed by atoms with van der Waals surface area (Å²) in [6.45, 7) is 3.16. The van der Waals surface area contributed by atoms with E-state index >= 15 is 0 Å². The predicted octanol–water partition coefficient (Wildman–Crippen LogP) is 1.88. The van der Waals surface area contributed by atoms with Gasteiger partial charge in [0.1, 0.15) is 0 Å². The first-order valence-corrected chi connectivity index (χ1v) is 9.32. The molecule has 0 spiro atoms. The number of nitrogens with zero attached hydrogens (tertiary/aromatic N) is 6. The van der Waals surface area contributed by atoms with E-state index in [1.54, 1.807) is 4.90 Å².